The lowest BCUT2D eigenvalue weighted by molar-refractivity contribution is 0.552. The van der Waals surface area contributed by atoms with E-state index in [9.17, 15) is 0 Å². The zero-order valence-electron chi connectivity index (χ0n) is 8.21. The van der Waals surface area contributed by atoms with Crippen LogP contribution in [0.15, 0.2) is 6.20 Å². The molecule has 0 aliphatic heterocycles. The molecule has 0 aromatic carbocycles. The van der Waals surface area contributed by atoms with Crippen LogP contribution >= 0.6 is 11.6 Å². The van der Waals surface area contributed by atoms with Gasteiger partial charge in [0, 0.05) is 5.88 Å². The lowest BCUT2D eigenvalue weighted by Gasteiger charge is -1.90. The summed E-state index contributed by atoms with van der Waals surface area (Å²) >= 11 is 5.58. The first-order valence-corrected chi connectivity index (χ1v) is 5.11. The van der Waals surface area contributed by atoms with Gasteiger partial charge >= 0.3 is 0 Å². The maximum absolute atomic E-state index is 5.58. The second-order valence-corrected chi connectivity index (χ2v) is 3.24. The van der Waals surface area contributed by atoms with E-state index < -0.39 is 0 Å². The first-order valence-electron chi connectivity index (χ1n) is 4.57. The van der Waals surface area contributed by atoms with E-state index in [0.717, 1.165) is 0 Å². The Kier molecular flexibility index (Phi) is 2.91. The van der Waals surface area contributed by atoms with Crippen LogP contribution in [0.4, 0.5) is 0 Å². The van der Waals surface area contributed by atoms with E-state index in [1.54, 1.807) is 10.9 Å². The average Bonchev–Trinajstić information content (AvgIpc) is 2.85. The zero-order valence-corrected chi connectivity index (χ0v) is 8.96. The zero-order chi connectivity index (χ0) is 10.7. The number of hydrogen-bond donors (Lipinski definition) is 0. The van der Waals surface area contributed by atoms with Crippen molar-refractivity contribution >= 4 is 11.6 Å². The summed E-state index contributed by atoms with van der Waals surface area (Å²) in [5, 5.41) is 19.6. The Labute approximate surface area is 91.0 Å². The van der Waals surface area contributed by atoms with Crippen LogP contribution in [0.2, 0.25) is 0 Å². The summed E-state index contributed by atoms with van der Waals surface area (Å²) in [6.45, 7) is 3.25. The molecule has 0 aliphatic rings. The molecule has 0 unspecified atom stereocenters. The van der Waals surface area contributed by atoms with Crippen molar-refractivity contribution in [2.24, 2.45) is 0 Å². The smallest absolute Gasteiger partial charge is 0.226 e. The van der Waals surface area contributed by atoms with Crippen LogP contribution in [0, 0.1) is 0 Å². The predicted molar refractivity (Wildman–Crippen MR) is 53.2 cm³/mol. The number of tetrazole rings is 1. The fourth-order valence-corrected chi connectivity index (χ4v) is 1.25. The summed E-state index contributed by atoms with van der Waals surface area (Å²) in [6.07, 6.45) is 1.75. The van der Waals surface area contributed by atoms with E-state index in [4.69, 9.17) is 11.6 Å². The maximum atomic E-state index is 5.58. The molecule has 0 atom stereocenters. The highest BCUT2D eigenvalue weighted by Gasteiger charge is 2.09. The van der Waals surface area contributed by atoms with Gasteiger partial charge in [-0.1, -0.05) is 5.21 Å². The van der Waals surface area contributed by atoms with Gasteiger partial charge in [0.1, 0.15) is 0 Å². The van der Waals surface area contributed by atoms with E-state index in [1.807, 2.05) is 6.92 Å². The number of halogens is 1. The maximum Gasteiger partial charge on any atom is 0.226 e. The van der Waals surface area contributed by atoms with Crippen molar-refractivity contribution in [2.75, 3.05) is 5.88 Å². The minimum atomic E-state index is 0.484. The average molecular weight is 228 g/mol. The van der Waals surface area contributed by atoms with Crippen molar-refractivity contribution in [2.45, 2.75) is 20.0 Å². The van der Waals surface area contributed by atoms with Crippen LogP contribution < -0.4 is 0 Å². The van der Waals surface area contributed by atoms with Crippen LogP contribution in [-0.2, 0) is 13.1 Å². The Bertz CT molecular complexity index is 434. The molecule has 7 nitrogen and oxygen atoms in total. The fourth-order valence-electron chi connectivity index (χ4n) is 1.08. The summed E-state index contributed by atoms with van der Waals surface area (Å²) < 4.78 is 1.65. The third-order valence-corrected chi connectivity index (χ3v) is 1.99. The third-order valence-electron chi connectivity index (χ3n) is 1.82. The minimum Gasteiger partial charge on any atom is -0.251 e. The number of rotatable bonds is 4. The van der Waals surface area contributed by atoms with Gasteiger partial charge in [0.05, 0.1) is 19.3 Å². The van der Waals surface area contributed by atoms with Crippen molar-refractivity contribution in [3.63, 3.8) is 0 Å². The molecule has 0 saturated heterocycles. The molecule has 0 fully saturated rings. The normalized spacial score (nSPS) is 10.8. The molecule has 0 radical (unpaired) electrons. The van der Waals surface area contributed by atoms with Crippen molar-refractivity contribution < 1.29 is 0 Å². The Morgan fingerprint density at radius 1 is 1.33 bits per heavy atom. The van der Waals surface area contributed by atoms with Crippen LogP contribution in [0.25, 0.3) is 11.5 Å². The van der Waals surface area contributed by atoms with Crippen molar-refractivity contribution in [1.82, 2.24) is 35.2 Å². The second kappa shape index (κ2) is 4.35. The van der Waals surface area contributed by atoms with E-state index in [2.05, 4.69) is 25.7 Å². The lowest BCUT2D eigenvalue weighted by Crippen LogP contribution is -1.99. The van der Waals surface area contributed by atoms with Gasteiger partial charge in [-0.05, 0) is 12.1 Å². The number of nitrogens with zero attached hydrogens (tertiary/aromatic N) is 7. The van der Waals surface area contributed by atoms with Gasteiger partial charge in [-0.15, -0.1) is 26.9 Å². The van der Waals surface area contributed by atoms with Crippen LogP contribution in [0.3, 0.4) is 0 Å². The highest BCUT2D eigenvalue weighted by molar-refractivity contribution is 6.17. The molecule has 2 rings (SSSR count). The SMILES string of the molecule is CCn1nnc(-c2cn(CCCl)nn2)n1. The summed E-state index contributed by atoms with van der Waals surface area (Å²) in [6, 6.07) is 0. The molecule has 80 valence electrons. The van der Waals surface area contributed by atoms with Crippen molar-refractivity contribution in [3.05, 3.63) is 6.20 Å². The van der Waals surface area contributed by atoms with E-state index in [1.165, 1.54) is 4.80 Å². The highest BCUT2D eigenvalue weighted by atomic mass is 35.5. The number of alkyl halides is 1. The second-order valence-electron chi connectivity index (χ2n) is 2.86. The van der Waals surface area contributed by atoms with Gasteiger partial charge in [0.15, 0.2) is 5.69 Å². The van der Waals surface area contributed by atoms with E-state index in [0.29, 0.717) is 30.5 Å². The molecule has 15 heavy (non-hydrogen) atoms. The molecule has 2 aromatic heterocycles. The van der Waals surface area contributed by atoms with Gasteiger partial charge in [-0.25, -0.2) is 0 Å². The summed E-state index contributed by atoms with van der Waals surface area (Å²) in [4.78, 5) is 1.50. The Balaban J connectivity index is 2.21. The van der Waals surface area contributed by atoms with Crippen molar-refractivity contribution in [1.29, 1.82) is 0 Å². The topological polar surface area (TPSA) is 74.3 Å². The van der Waals surface area contributed by atoms with Gasteiger partial charge < -0.3 is 0 Å². The van der Waals surface area contributed by atoms with Gasteiger partial charge in [0.25, 0.3) is 0 Å². The monoisotopic (exact) mass is 227 g/mol. The van der Waals surface area contributed by atoms with Crippen LogP contribution in [0.1, 0.15) is 6.92 Å². The van der Waals surface area contributed by atoms with E-state index in [-0.39, 0.29) is 0 Å². The van der Waals surface area contributed by atoms with Crippen molar-refractivity contribution in [3.8, 4) is 11.5 Å². The first kappa shape index (κ1) is 10.0. The molecule has 0 aliphatic carbocycles. The van der Waals surface area contributed by atoms with Gasteiger partial charge in [-0.3, -0.25) is 4.68 Å². The standard InChI is InChI=1S/C7H10ClN7/c1-2-15-11-7(10-13-15)6-5-14(4-3-8)12-9-6/h5H,2-4H2,1H3. The van der Waals surface area contributed by atoms with E-state index >= 15 is 0 Å². The van der Waals surface area contributed by atoms with Gasteiger partial charge in [0.2, 0.25) is 5.82 Å². The largest absolute Gasteiger partial charge is 0.251 e. The van der Waals surface area contributed by atoms with Gasteiger partial charge in [-0.2, -0.15) is 4.80 Å². The quantitative estimate of drug-likeness (QED) is 0.697. The summed E-state index contributed by atoms with van der Waals surface area (Å²) in [5.41, 5.74) is 0.611. The van der Waals surface area contributed by atoms with Crippen LogP contribution in [0.5, 0.6) is 0 Å². The predicted octanol–water partition coefficient (Wildman–Crippen LogP) is 0.190. The summed E-state index contributed by atoms with van der Waals surface area (Å²) in [5.74, 6) is 0.982. The molecular formula is C7H10ClN7. The molecule has 0 spiro atoms. The lowest BCUT2D eigenvalue weighted by atomic mass is 10.5. The highest BCUT2D eigenvalue weighted by Crippen LogP contribution is 2.07. The minimum absolute atomic E-state index is 0.484. The molecular weight excluding hydrogens is 218 g/mol. The molecule has 8 heteroatoms. The number of aromatic nitrogens is 7. The third kappa shape index (κ3) is 2.12. The molecule has 0 amide bonds. The summed E-state index contributed by atoms with van der Waals surface area (Å²) in [7, 11) is 0. The molecule has 2 heterocycles. The molecule has 0 N–H and O–H groups in total. The Hall–Kier alpha value is -1.50. The Morgan fingerprint density at radius 3 is 2.87 bits per heavy atom. The number of aryl methyl sites for hydroxylation is 2. The first-order chi connectivity index (χ1) is 7.33. The number of hydrogen-bond acceptors (Lipinski definition) is 5. The van der Waals surface area contributed by atoms with Crippen LogP contribution in [-0.4, -0.2) is 41.1 Å². The molecule has 0 bridgehead atoms. The Morgan fingerprint density at radius 2 is 2.20 bits per heavy atom. The molecule has 0 saturated carbocycles. The fraction of sp³-hybridized carbons (Fsp3) is 0.571. The molecule has 2 aromatic rings.